The number of rotatable bonds is 5. The third kappa shape index (κ3) is 4.00. The lowest BCUT2D eigenvalue weighted by Gasteiger charge is -2.41. The molecule has 26 heavy (non-hydrogen) atoms. The van der Waals surface area contributed by atoms with Gasteiger partial charge in [0.2, 0.25) is 0 Å². The first-order valence-electron chi connectivity index (χ1n) is 9.24. The fourth-order valence-electron chi connectivity index (χ4n) is 4.16. The van der Waals surface area contributed by atoms with Gasteiger partial charge in [0.05, 0.1) is 13.2 Å². The summed E-state index contributed by atoms with van der Waals surface area (Å²) in [7, 11) is 0. The molecule has 0 radical (unpaired) electrons. The molecule has 0 bridgehead atoms. The quantitative estimate of drug-likeness (QED) is 0.818. The molecule has 0 spiro atoms. The van der Waals surface area contributed by atoms with Crippen molar-refractivity contribution in [1.29, 1.82) is 0 Å². The second-order valence-electron chi connectivity index (χ2n) is 8.33. The van der Waals surface area contributed by atoms with Crippen LogP contribution in [-0.2, 0) is 21.3 Å². The van der Waals surface area contributed by atoms with Gasteiger partial charge in [-0.3, -0.25) is 0 Å². The van der Waals surface area contributed by atoms with Crippen LogP contribution >= 0.6 is 11.6 Å². The van der Waals surface area contributed by atoms with Gasteiger partial charge >= 0.3 is 6.09 Å². The zero-order valence-electron chi connectivity index (χ0n) is 15.8. The van der Waals surface area contributed by atoms with Crippen molar-refractivity contribution in [3.8, 4) is 0 Å². The largest absolute Gasteiger partial charge is 0.465 e. The van der Waals surface area contributed by atoms with Crippen molar-refractivity contribution >= 4 is 17.7 Å². The predicted molar refractivity (Wildman–Crippen MR) is 101 cm³/mol. The minimum absolute atomic E-state index is 0.184. The van der Waals surface area contributed by atoms with Gasteiger partial charge in [-0.1, -0.05) is 17.7 Å². The van der Waals surface area contributed by atoms with E-state index in [1.54, 1.807) is 4.90 Å². The maximum Gasteiger partial charge on any atom is 0.407 e. The number of amides is 1. The van der Waals surface area contributed by atoms with E-state index >= 15 is 0 Å². The number of ether oxygens (including phenoxy) is 2. The van der Waals surface area contributed by atoms with Gasteiger partial charge in [-0.2, -0.15) is 0 Å². The first-order chi connectivity index (χ1) is 12.2. The monoisotopic (exact) mass is 381 g/mol. The third-order valence-corrected chi connectivity index (χ3v) is 5.80. The summed E-state index contributed by atoms with van der Waals surface area (Å²) in [4.78, 5) is 13.5. The van der Waals surface area contributed by atoms with Crippen LogP contribution in [0.1, 0.15) is 51.2 Å². The van der Waals surface area contributed by atoms with Crippen molar-refractivity contribution in [2.45, 2.75) is 63.7 Å². The molecule has 2 aliphatic rings. The molecule has 3 rings (SSSR count). The zero-order valence-corrected chi connectivity index (χ0v) is 16.5. The number of halogens is 1. The fraction of sp³-hybridized carbons (Fsp3) is 0.650. The molecule has 1 aromatic rings. The van der Waals surface area contributed by atoms with E-state index in [1.807, 2.05) is 32.9 Å². The van der Waals surface area contributed by atoms with E-state index in [9.17, 15) is 9.90 Å². The number of nitrogens with zero attached hydrogens (tertiary/aromatic N) is 1. The normalized spacial score (nSPS) is 23.2. The van der Waals surface area contributed by atoms with E-state index in [-0.39, 0.29) is 11.7 Å². The maximum absolute atomic E-state index is 12.0. The Bertz CT molecular complexity index is 666. The summed E-state index contributed by atoms with van der Waals surface area (Å²) in [6, 6.07) is 6.00. The molecule has 1 aliphatic heterocycles. The van der Waals surface area contributed by atoms with Crippen LogP contribution in [0.15, 0.2) is 18.2 Å². The number of hydrogen-bond donors (Lipinski definition) is 1. The van der Waals surface area contributed by atoms with Gasteiger partial charge < -0.3 is 19.5 Å². The lowest BCUT2D eigenvalue weighted by atomic mass is 9.76. The first kappa shape index (κ1) is 19.5. The Hall–Kier alpha value is -1.30. The SMILES string of the molecule is CC(C)(C)N(CC1(CCC2OCCO2)CCc2cc(Cl)ccc21)C(=O)O. The van der Waals surface area contributed by atoms with Crippen LogP contribution in [0.5, 0.6) is 0 Å². The predicted octanol–water partition coefficient (Wildman–Crippen LogP) is 4.46. The number of carbonyl (C=O) groups is 1. The average molecular weight is 382 g/mol. The van der Waals surface area contributed by atoms with Gasteiger partial charge in [-0.15, -0.1) is 0 Å². The maximum atomic E-state index is 12.0. The molecule has 1 saturated heterocycles. The highest BCUT2D eigenvalue weighted by molar-refractivity contribution is 6.30. The van der Waals surface area contributed by atoms with Crippen LogP contribution in [-0.4, -0.2) is 47.7 Å². The molecule has 0 aromatic heterocycles. The fourth-order valence-corrected chi connectivity index (χ4v) is 4.36. The van der Waals surface area contributed by atoms with Gasteiger partial charge in [0.1, 0.15) is 0 Å². The van der Waals surface area contributed by atoms with E-state index in [0.29, 0.717) is 19.8 Å². The number of fused-ring (bicyclic) bond motifs is 1. The molecular formula is C20H28ClNO4. The number of carboxylic acid groups (broad SMARTS) is 1. The lowest BCUT2D eigenvalue weighted by molar-refractivity contribution is -0.0526. The van der Waals surface area contributed by atoms with Crippen molar-refractivity contribution < 1.29 is 19.4 Å². The molecule has 6 heteroatoms. The van der Waals surface area contributed by atoms with Crippen LogP contribution in [0, 0.1) is 0 Å². The Morgan fingerprint density at radius 1 is 1.35 bits per heavy atom. The second kappa shape index (κ2) is 7.37. The van der Waals surface area contributed by atoms with Crippen molar-refractivity contribution in [3.05, 3.63) is 34.3 Å². The smallest absolute Gasteiger partial charge is 0.407 e. The Balaban J connectivity index is 1.91. The van der Waals surface area contributed by atoms with Crippen molar-refractivity contribution in [2.24, 2.45) is 0 Å². The summed E-state index contributed by atoms with van der Waals surface area (Å²) in [6.45, 7) is 7.55. The van der Waals surface area contributed by atoms with Crippen LogP contribution in [0.25, 0.3) is 0 Å². The first-order valence-corrected chi connectivity index (χ1v) is 9.62. The van der Waals surface area contributed by atoms with Crippen LogP contribution in [0.2, 0.25) is 5.02 Å². The van der Waals surface area contributed by atoms with Crippen molar-refractivity contribution in [1.82, 2.24) is 4.90 Å². The van der Waals surface area contributed by atoms with Crippen LogP contribution in [0.3, 0.4) is 0 Å². The van der Waals surface area contributed by atoms with Gasteiger partial charge in [0.25, 0.3) is 0 Å². The molecule has 144 valence electrons. The summed E-state index contributed by atoms with van der Waals surface area (Å²) in [5.74, 6) is 0. The lowest BCUT2D eigenvalue weighted by Crippen LogP contribution is -2.51. The average Bonchev–Trinajstić information content (AvgIpc) is 3.17. The summed E-state index contributed by atoms with van der Waals surface area (Å²) in [5.41, 5.74) is 1.75. The van der Waals surface area contributed by atoms with Crippen LogP contribution < -0.4 is 0 Å². The Kier molecular flexibility index (Phi) is 5.52. The number of hydrogen-bond acceptors (Lipinski definition) is 3. The Morgan fingerprint density at radius 3 is 2.65 bits per heavy atom. The molecule has 1 fully saturated rings. The molecule has 1 aromatic carbocycles. The zero-order chi connectivity index (χ0) is 18.9. The minimum Gasteiger partial charge on any atom is -0.465 e. The molecule has 1 unspecified atom stereocenters. The standard InChI is InChI=1S/C20H28ClNO4/c1-19(2,3)22(18(23)24)13-20(9-7-17-25-10-11-26-17)8-6-14-12-15(21)4-5-16(14)20/h4-5,12,17H,6-11,13H2,1-3H3,(H,23,24). The third-order valence-electron chi connectivity index (χ3n) is 5.56. The van der Waals surface area contributed by atoms with E-state index in [2.05, 4.69) is 6.07 Å². The van der Waals surface area contributed by atoms with Gasteiger partial charge in [-0.25, -0.2) is 4.79 Å². The number of aryl methyl sites for hydroxylation is 1. The van der Waals surface area contributed by atoms with Gasteiger partial charge in [0, 0.05) is 22.5 Å². The topological polar surface area (TPSA) is 59.0 Å². The summed E-state index contributed by atoms with van der Waals surface area (Å²) in [6.07, 6.45) is 2.35. The van der Waals surface area contributed by atoms with Gasteiger partial charge in [-0.05, 0) is 69.7 Å². The van der Waals surface area contributed by atoms with Crippen LogP contribution in [0.4, 0.5) is 4.79 Å². The van der Waals surface area contributed by atoms with E-state index in [4.69, 9.17) is 21.1 Å². The highest BCUT2D eigenvalue weighted by Gasteiger charge is 2.43. The Labute approximate surface area is 160 Å². The van der Waals surface area contributed by atoms with E-state index < -0.39 is 11.6 Å². The van der Waals surface area contributed by atoms with Crippen molar-refractivity contribution in [3.63, 3.8) is 0 Å². The van der Waals surface area contributed by atoms with Gasteiger partial charge in [0.15, 0.2) is 6.29 Å². The van der Waals surface area contributed by atoms with E-state index in [0.717, 1.165) is 30.7 Å². The molecule has 1 N–H and O–H groups in total. The van der Waals surface area contributed by atoms with Crippen molar-refractivity contribution in [2.75, 3.05) is 19.8 Å². The molecule has 5 nitrogen and oxygen atoms in total. The molecule has 1 amide bonds. The summed E-state index contributed by atoms with van der Waals surface area (Å²) >= 11 is 6.18. The highest BCUT2D eigenvalue weighted by atomic mass is 35.5. The molecule has 1 atom stereocenters. The summed E-state index contributed by atoms with van der Waals surface area (Å²) < 4.78 is 11.2. The minimum atomic E-state index is -0.882. The Morgan fingerprint density at radius 2 is 2.04 bits per heavy atom. The molecular weight excluding hydrogens is 354 g/mol. The number of benzene rings is 1. The molecule has 0 saturated carbocycles. The summed E-state index contributed by atoms with van der Waals surface area (Å²) in [5, 5.41) is 10.5. The van der Waals surface area contributed by atoms with E-state index in [1.165, 1.54) is 11.1 Å². The molecule has 1 heterocycles. The molecule has 1 aliphatic carbocycles. The second-order valence-corrected chi connectivity index (χ2v) is 8.77. The highest BCUT2D eigenvalue weighted by Crippen LogP contribution is 2.45.